The first-order valence-corrected chi connectivity index (χ1v) is 9.68. The van der Waals surface area contributed by atoms with Crippen LogP contribution in [-0.2, 0) is 11.2 Å². The molecule has 1 atom stereocenters. The van der Waals surface area contributed by atoms with Crippen molar-refractivity contribution in [2.45, 2.75) is 12.8 Å². The summed E-state index contributed by atoms with van der Waals surface area (Å²) >= 11 is 6.07. The van der Waals surface area contributed by atoms with Crippen molar-refractivity contribution in [3.63, 3.8) is 0 Å². The van der Waals surface area contributed by atoms with Crippen LogP contribution in [0, 0.1) is 5.92 Å². The molecule has 0 saturated heterocycles. The van der Waals surface area contributed by atoms with Gasteiger partial charge in [0.25, 0.3) is 0 Å². The fourth-order valence-corrected chi connectivity index (χ4v) is 3.86. The average molecular weight is 425 g/mol. The summed E-state index contributed by atoms with van der Waals surface area (Å²) in [6.45, 7) is 0. The lowest BCUT2D eigenvalue weighted by atomic mass is 9.93. The molecule has 0 aliphatic heterocycles. The highest BCUT2D eigenvalue weighted by Crippen LogP contribution is 2.37. The minimum absolute atomic E-state index is 0.0110. The Morgan fingerprint density at radius 3 is 2.67 bits per heavy atom. The molecule has 1 aliphatic rings. The van der Waals surface area contributed by atoms with Gasteiger partial charge in [-0.1, -0.05) is 41.9 Å². The molecule has 0 bridgehead atoms. The molecular formula is C23H18ClFN2O3. The Morgan fingerprint density at radius 1 is 1.17 bits per heavy atom. The van der Waals surface area contributed by atoms with Crippen LogP contribution in [0.1, 0.15) is 22.5 Å². The largest absolute Gasteiger partial charge is 0.451 e. The van der Waals surface area contributed by atoms with Crippen LogP contribution >= 0.6 is 11.6 Å². The predicted molar refractivity (Wildman–Crippen MR) is 115 cm³/mol. The predicted octanol–water partition coefficient (Wildman–Crippen LogP) is 4.89. The molecule has 0 radical (unpaired) electrons. The number of Topliss-reactive ketones (excluding diaryl/α,β-unsaturated/α-hetero) is 1. The zero-order chi connectivity index (χ0) is 21.4. The van der Waals surface area contributed by atoms with E-state index in [0.29, 0.717) is 11.0 Å². The van der Waals surface area contributed by atoms with Crippen molar-refractivity contribution in [2.24, 2.45) is 11.7 Å². The van der Waals surface area contributed by atoms with Crippen molar-refractivity contribution in [2.75, 3.05) is 5.73 Å². The highest BCUT2D eigenvalue weighted by molar-refractivity contribution is 6.32. The molecule has 0 spiro atoms. The summed E-state index contributed by atoms with van der Waals surface area (Å²) in [5.41, 5.74) is 14.6. The van der Waals surface area contributed by atoms with Crippen LogP contribution in [0.4, 0.5) is 10.1 Å². The molecule has 7 heteroatoms. The Balaban J connectivity index is 1.69. The molecule has 1 aliphatic carbocycles. The Morgan fingerprint density at radius 2 is 1.93 bits per heavy atom. The number of hydrogen-bond acceptors (Lipinski definition) is 4. The smallest absolute Gasteiger partial charge is 0.221 e. The zero-order valence-corrected chi connectivity index (χ0v) is 16.6. The molecule has 4 rings (SSSR count). The second kappa shape index (κ2) is 7.80. The molecule has 4 N–H and O–H groups in total. The van der Waals surface area contributed by atoms with E-state index in [1.165, 1.54) is 6.08 Å². The fraction of sp³-hybridized carbons (Fsp3) is 0.130. The lowest BCUT2D eigenvalue weighted by Crippen LogP contribution is -2.17. The Labute approximate surface area is 176 Å². The fourth-order valence-electron chi connectivity index (χ4n) is 3.57. The highest BCUT2D eigenvalue weighted by Gasteiger charge is 2.30. The van der Waals surface area contributed by atoms with Crippen LogP contribution in [0.2, 0.25) is 0 Å². The van der Waals surface area contributed by atoms with Crippen molar-refractivity contribution in [3.8, 4) is 11.1 Å². The average Bonchev–Trinajstić information content (AvgIpc) is 3.03. The van der Waals surface area contributed by atoms with Gasteiger partial charge in [-0.15, -0.1) is 0 Å². The molecule has 1 aromatic heterocycles. The Hall–Kier alpha value is -3.38. The third-order valence-electron chi connectivity index (χ3n) is 5.06. The first kappa shape index (κ1) is 19.9. The number of carbonyl (C=O) groups is 2. The van der Waals surface area contributed by atoms with Crippen molar-refractivity contribution in [3.05, 3.63) is 76.8 Å². The zero-order valence-electron chi connectivity index (χ0n) is 15.8. The van der Waals surface area contributed by atoms with Crippen molar-refractivity contribution in [1.82, 2.24) is 0 Å². The van der Waals surface area contributed by atoms with Gasteiger partial charge in [-0.05, 0) is 47.4 Å². The van der Waals surface area contributed by atoms with Gasteiger partial charge in [0.1, 0.15) is 11.4 Å². The summed E-state index contributed by atoms with van der Waals surface area (Å²) < 4.78 is 19.1. The van der Waals surface area contributed by atoms with Gasteiger partial charge in [0.05, 0.1) is 18.0 Å². The van der Waals surface area contributed by atoms with E-state index < -0.39 is 23.4 Å². The van der Waals surface area contributed by atoms with Gasteiger partial charge in [-0.3, -0.25) is 9.59 Å². The number of hydrogen-bond donors (Lipinski definition) is 2. The van der Waals surface area contributed by atoms with Gasteiger partial charge < -0.3 is 15.9 Å². The number of furan rings is 1. The monoisotopic (exact) mass is 424 g/mol. The third-order valence-corrected chi connectivity index (χ3v) is 5.44. The number of nitrogen functional groups attached to an aromatic ring is 1. The molecule has 152 valence electrons. The molecule has 0 fully saturated rings. The van der Waals surface area contributed by atoms with Gasteiger partial charge in [0.15, 0.2) is 5.76 Å². The van der Waals surface area contributed by atoms with Gasteiger partial charge in [0.2, 0.25) is 11.7 Å². The second-order valence-corrected chi connectivity index (χ2v) is 7.61. The van der Waals surface area contributed by atoms with Gasteiger partial charge in [0, 0.05) is 10.4 Å². The molecule has 3 aromatic rings. The van der Waals surface area contributed by atoms with E-state index in [0.717, 1.165) is 22.8 Å². The van der Waals surface area contributed by atoms with E-state index in [9.17, 15) is 14.0 Å². The maximum absolute atomic E-state index is 13.3. The first-order chi connectivity index (χ1) is 14.3. The minimum Gasteiger partial charge on any atom is -0.451 e. The number of allylic oxidation sites excluding steroid dienone is 4. The molecule has 5 nitrogen and oxygen atoms in total. The van der Waals surface area contributed by atoms with Crippen molar-refractivity contribution in [1.29, 1.82) is 0 Å². The van der Waals surface area contributed by atoms with Gasteiger partial charge in [-0.2, -0.15) is 0 Å². The Kier molecular flexibility index (Phi) is 5.18. The number of amides is 1. The normalized spacial score (nSPS) is 16.3. The quantitative estimate of drug-likeness (QED) is 0.569. The molecule has 1 amide bonds. The number of nitrogens with two attached hydrogens (primary N) is 2. The SMILES string of the molecule is NC(=O)Cc1cccc(-c2ccc3c(N)c(C(=O)C4CC=C(F)C=C4Cl)oc3c2)c1. The molecule has 30 heavy (non-hydrogen) atoms. The number of benzene rings is 2. The van der Waals surface area contributed by atoms with Crippen molar-refractivity contribution < 1.29 is 18.4 Å². The number of anilines is 1. The standard InChI is InChI=1S/C23H18ClFN2O3/c24-18-11-15(25)5-7-16(18)22(29)23-21(27)17-6-4-14(10-19(17)30-23)13-3-1-2-12(8-13)9-20(26)28/h1-6,8,10-11,16H,7,9,27H2,(H2,26,28). The maximum atomic E-state index is 13.3. The van der Waals surface area contributed by atoms with Crippen LogP contribution in [0.15, 0.2) is 69.9 Å². The number of primary amides is 1. The Bertz CT molecular complexity index is 1240. The summed E-state index contributed by atoms with van der Waals surface area (Å²) in [4.78, 5) is 24.1. The van der Waals surface area contributed by atoms with Gasteiger partial charge in [-0.25, -0.2) is 4.39 Å². The molecule has 1 unspecified atom stereocenters. The van der Waals surface area contributed by atoms with Crippen molar-refractivity contribution >= 4 is 39.9 Å². The van der Waals surface area contributed by atoms with Crippen LogP contribution in [0.25, 0.3) is 22.1 Å². The topological polar surface area (TPSA) is 99.3 Å². The van der Waals surface area contributed by atoms with Crippen LogP contribution in [-0.4, -0.2) is 11.7 Å². The second-order valence-electron chi connectivity index (χ2n) is 7.17. The molecule has 0 saturated carbocycles. The summed E-state index contributed by atoms with van der Waals surface area (Å²) in [6.07, 6.45) is 2.73. The maximum Gasteiger partial charge on any atom is 0.221 e. The minimum atomic E-state index is -0.723. The van der Waals surface area contributed by atoms with E-state index in [1.807, 2.05) is 30.3 Å². The lowest BCUT2D eigenvalue weighted by molar-refractivity contribution is -0.117. The molecule has 1 heterocycles. The van der Waals surface area contributed by atoms with Crippen LogP contribution in [0.5, 0.6) is 0 Å². The van der Waals surface area contributed by atoms with E-state index in [1.54, 1.807) is 12.1 Å². The summed E-state index contributed by atoms with van der Waals surface area (Å²) in [7, 11) is 0. The lowest BCUT2D eigenvalue weighted by Gasteiger charge is -2.15. The number of fused-ring (bicyclic) bond motifs is 1. The van der Waals surface area contributed by atoms with E-state index in [-0.39, 0.29) is 29.3 Å². The van der Waals surface area contributed by atoms with Gasteiger partial charge >= 0.3 is 0 Å². The third kappa shape index (κ3) is 3.74. The first-order valence-electron chi connectivity index (χ1n) is 9.30. The summed E-state index contributed by atoms with van der Waals surface area (Å²) in [6, 6.07) is 12.9. The molecular weight excluding hydrogens is 407 g/mol. The van der Waals surface area contributed by atoms with E-state index in [2.05, 4.69) is 0 Å². The highest BCUT2D eigenvalue weighted by atomic mass is 35.5. The number of ketones is 1. The van der Waals surface area contributed by atoms with E-state index in [4.69, 9.17) is 27.5 Å². The van der Waals surface area contributed by atoms with Crippen LogP contribution < -0.4 is 11.5 Å². The van der Waals surface area contributed by atoms with E-state index >= 15 is 0 Å². The number of carbonyl (C=O) groups excluding carboxylic acids is 2. The number of halogens is 2. The van der Waals surface area contributed by atoms with Crippen LogP contribution in [0.3, 0.4) is 0 Å². The summed E-state index contributed by atoms with van der Waals surface area (Å²) in [5.74, 6) is -1.98. The molecule has 2 aromatic carbocycles. The summed E-state index contributed by atoms with van der Waals surface area (Å²) in [5, 5.41) is 0.722. The number of rotatable bonds is 5.